The van der Waals surface area contributed by atoms with Crippen LogP contribution in [0, 0.1) is 0 Å². The van der Waals surface area contributed by atoms with Crippen molar-refractivity contribution in [1.82, 2.24) is 9.78 Å². The van der Waals surface area contributed by atoms with Gasteiger partial charge in [0, 0.05) is 5.56 Å². The number of hydrogen-bond donors (Lipinski definition) is 1. The minimum absolute atomic E-state index is 0.113. The van der Waals surface area contributed by atoms with Gasteiger partial charge < -0.3 is 5.73 Å². The topological polar surface area (TPSA) is 60.9 Å². The lowest BCUT2D eigenvalue weighted by atomic mass is 10.0. The molecule has 0 unspecified atom stereocenters. The van der Waals surface area contributed by atoms with Crippen LogP contribution in [0.25, 0.3) is 5.69 Å². The molecule has 0 radical (unpaired) electrons. The largest absolute Gasteiger partial charge is 0.416 e. The first-order chi connectivity index (χ1) is 11.4. The number of hydrogen-bond acceptors (Lipinski definition) is 3. The van der Waals surface area contributed by atoms with Gasteiger partial charge in [-0.25, -0.2) is 4.68 Å². The smallest absolute Gasteiger partial charge is 0.383 e. The van der Waals surface area contributed by atoms with Crippen LogP contribution in [0.4, 0.5) is 19.0 Å². The van der Waals surface area contributed by atoms with Gasteiger partial charge in [0.25, 0.3) is 0 Å². The first-order valence-corrected chi connectivity index (χ1v) is 6.99. The summed E-state index contributed by atoms with van der Waals surface area (Å²) in [7, 11) is 0. The molecule has 0 bridgehead atoms. The van der Waals surface area contributed by atoms with Crippen molar-refractivity contribution in [3.8, 4) is 5.69 Å². The van der Waals surface area contributed by atoms with Crippen LogP contribution >= 0.6 is 0 Å². The van der Waals surface area contributed by atoms with Crippen molar-refractivity contribution in [2.75, 3.05) is 5.73 Å². The highest BCUT2D eigenvalue weighted by molar-refractivity contribution is 6.11. The summed E-state index contributed by atoms with van der Waals surface area (Å²) in [6, 6.07) is 13.0. The Bertz CT molecular complexity index is 868. The van der Waals surface area contributed by atoms with Crippen molar-refractivity contribution < 1.29 is 18.0 Å². The predicted molar refractivity (Wildman–Crippen MR) is 82.9 cm³/mol. The molecular formula is C17H12F3N3O. The molecule has 0 saturated carbocycles. The molecule has 0 aliphatic rings. The molecule has 2 aromatic carbocycles. The zero-order valence-corrected chi connectivity index (χ0v) is 12.3. The van der Waals surface area contributed by atoms with Crippen molar-refractivity contribution in [1.29, 1.82) is 0 Å². The summed E-state index contributed by atoms with van der Waals surface area (Å²) in [4.78, 5) is 12.5. The Morgan fingerprint density at radius 1 is 1.00 bits per heavy atom. The van der Waals surface area contributed by atoms with Crippen molar-refractivity contribution in [3.05, 3.63) is 77.5 Å². The SMILES string of the molecule is Nc1c(C(=O)c2ccc(C(F)(F)F)cc2)cnn1-c1ccccc1. The third-order valence-electron chi connectivity index (χ3n) is 3.53. The average molecular weight is 331 g/mol. The number of alkyl halides is 3. The van der Waals surface area contributed by atoms with E-state index in [-0.39, 0.29) is 16.9 Å². The summed E-state index contributed by atoms with van der Waals surface area (Å²) in [6.45, 7) is 0. The maximum Gasteiger partial charge on any atom is 0.416 e. The molecule has 0 fully saturated rings. The lowest BCUT2D eigenvalue weighted by Crippen LogP contribution is -2.08. The van der Waals surface area contributed by atoms with Gasteiger partial charge in [-0.15, -0.1) is 0 Å². The molecule has 7 heteroatoms. The fourth-order valence-corrected chi connectivity index (χ4v) is 2.27. The summed E-state index contributed by atoms with van der Waals surface area (Å²) in [5.41, 5.74) is 6.09. The normalized spacial score (nSPS) is 11.5. The number of para-hydroxylation sites is 1. The Balaban J connectivity index is 1.93. The van der Waals surface area contributed by atoms with Gasteiger partial charge >= 0.3 is 6.18 Å². The average Bonchev–Trinajstić information content (AvgIpc) is 2.96. The number of aromatic nitrogens is 2. The number of benzene rings is 2. The van der Waals surface area contributed by atoms with Gasteiger partial charge in [0.2, 0.25) is 0 Å². The summed E-state index contributed by atoms with van der Waals surface area (Å²) in [5.74, 6) is -0.352. The summed E-state index contributed by atoms with van der Waals surface area (Å²) in [5, 5.41) is 4.08. The van der Waals surface area contributed by atoms with Crippen LogP contribution in [0.2, 0.25) is 0 Å². The van der Waals surface area contributed by atoms with E-state index < -0.39 is 17.5 Å². The number of rotatable bonds is 3. The van der Waals surface area contributed by atoms with Gasteiger partial charge in [-0.1, -0.05) is 30.3 Å². The summed E-state index contributed by atoms with van der Waals surface area (Å²) < 4.78 is 39.1. The minimum atomic E-state index is -4.45. The zero-order valence-electron chi connectivity index (χ0n) is 12.3. The van der Waals surface area contributed by atoms with Crippen molar-refractivity contribution >= 4 is 11.6 Å². The van der Waals surface area contributed by atoms with Crippen LogP contribution in [0.1, 0.15) is 21.5 Å². The van der Waals surface area contributed by atoms with Crippen LogP contribution in [-0.2, 0) is 6.18 Å². The number of nitrogens with zero attached hydrogens (tertiary/aromatic N) is 2. The fourth-order valence-electron chi connectivity index (χ4n) is 2.27. The van der Waals surface area contributed by atoms with Crippen LogP contribution in [0.15, 0.2) is 60.8 Å². The van der Waals surface area contributed by atoms with E-state index in [2.05, 4.69) is 5.10 Å². The molecule has 122 valence electrons. The van der Waals surface area contributed by atoms with Crippen LogP contribution in [0.5, 0.6) is 0 Å². The molecule has 0 aliphatic heterocycles. The Hall–Kier alpha value is -3.09. The molecule has 3 rings (SSSR count). The first-order valence-electron chi connectivity index (χ1n) is 6.99. The Morgan fingerprint density at radius 3 is 2.21 bits per heavy atom. The van der Waals surface area contributed by atoms with E-state index in [1.165, 1.54) is 10.9 Å². The van der Waals surface area contributed by atoms with E-state index in [1.807, 2.05) is 6.07 Å². The monoisotopic (exact) mass is 331 g/mol. The van der Waals surface area contributed by atoms with Gasteiger partial charge in [0.1, 0.15) is 5.82 Å². The van der Waals surface area contributed by atoms with Crippen LogP contribution in [-0.4, -0.2) is 15.6 Å². The molecule has 0 spiro atoms. The number of carbonyl (C=O) groups is 1. The van der Waals surface area contributed by atoms with Gasteiger partial charge in [-0.3, -0.25) is 4.79 Å². The third-order valence-corrected chi connectivity index (χ3v) is 3.53. The highest BCUT2D eigenvalue weighted by Gasteiger charge is 2.30. The number of carbonyl (C=O) groups excluding carboxylic acids is 1. The molecule has 0 atom stereocenters. The number of nitrogens with two attached hydrogens (primary N) is 1. The molecule has 3 aromatic rings. The lowest BCUT2D eigenvalue weighted by Gasteiger charge is -2.07. The second-order valence-electron chi connectivity index (χ2n) is 5.10. The van der Waals surface area contributed by atoms with E-state index in [1.54, 1.807) is 24.3 Å². The molecule has 0 aliphatic carbocycles. The molecule has 24 heavy (non-hydrogen) atoms. The lowest BCUT2D eigenvalue weighted by molar-refractivity contribution is -0.137. The Kier molecular flexibility index (Phi) is 3.84. The summed E-state index contributed by atoms with van der Waals surface area (Å²) in [6.07, 6.45) is -3.14. The maximum atomic E-state index is 12.6. The molecular weight excluding hydrogens is 319 g/mol. The molecule has 1 heterocycles. The molecule has 1 aromatic heterocycles. The standard InChI is InChI=1S/C17H12F3N3O/c18-17(19,20)12-8-6-11(7-9-12)15(24)14-10-22-23(16(14)21)13-4-2-1-3-5-13/h1-10H,21H2. The number of halogens is 3. The van der Waals surface area contributed by atoms with Gasteiger partial charge in [0.05, 0.1) is 23.0 Å². The second-order valence-corrected chi connectivity index (χ2v) is 5.10. The van der Waals surface area contributed by atoms with Crippen LogP contribution in [0.3, 0.4) is 0 Å². The predicted octanol–water partition coefficient (Wildman–Crippen LogP) is 3.70. The van der Waals surface area contributed by atoms with E-state index in [4.69, 9.17) is 5.73 Å². The maximum absolute atomic E-state index is 12.6. The number of nitrogen functional groups attached to an aromatic ring is 1. The molecule has 0 saturated heterocycles. The first kappa shape index (κ1) is 15.8. The van der Waals surface area contributed by atoms with E-state index >= 15 is 0 Å². The Morgan fingerprint density at radius 2 is 1.62 bits per heavy atom. The van der Waals surface area contributed by atoms with Gasteiger partial charge in [-0.2, -0.15) is 18.3 Å². The molecule has 0 amide bonds. The van der Waals surface area contributed by atoms with Crippen molar-refractivity contribution in [3.63, 3.8) is 0 Å². The fraction of sp³-hybridized carbons (Fsp3) is 0.0588. The highest BCUT2D eigenvalue weighted by atomic mass is 19.4. The zero-order chi connectivity index (χ0) is 17.3. The highest BCUT2D eigenvalue weighted by Crippen LogP contribution is 2.29. The number of ketones is 1. The third kappa shape index (κ3) is 2.88. The van der Waals surface area contributed by atoms with Crippen LogP contribution < -0.4 is 5.73 Å². The van der Waals surface area contributed by atoms with Gasteiger partial charge in [0.15, 0.2) is 5.78 Å². The quantitative estimate of drug-likeness (QED) is 0.744. The van der Waals surface area contributed by atoms with Crippen molar-refractivity contribution in [2.24, 2.45) is 0 Å². The molecule has 4 nitrogen and oxygen atoms in total. The molecule has 2 N–H and O–H groups in total. The van der Waals surface area contributed by atoms with E-state index in [0.717, 1.165) is 24.3 Å². The van der Waals surface area contributed by atoms with E-state index in [0.29, 0.717) is 5.69 Å². The number of anilines is 1. The minimum Gasteiger partial charge on any atom is -0.383 e. The van der Waals surface area contributed by atoms with E-state index in [9.17, 15) is 18.0 Å². The second kappa shape index (κ2) is 5.84. The van der Waals surface area contributed by atoms with Crippen molar-refractivity contribution in [2.45, 2.75) is 6.18 Å². The Labute approximate surface area is 135 Å². The summed E-state index contributed by atoms with van der Waals surface area (Å²) >= 11 is 0. The van der Waals surface area contributed by atoms with Gasteiger partial charge in [-0.05, 0) is 24.3 Å².